The van der Waals surface area contributed by atoms with E-state index in [9.17, 15) is 14.9 Å². The number of fused-ring (bicyclic) bond motifs is 1. The number of carbonyl (C=O) groups is 1. The summed E-state index contributed by atoms with van der Waals surface area (Å²) in [6.07, 6.45) is 0. The minimum Gasteiger partial charge on any atom is -0.461 e. The molecule has 21 heavy (non-hydrogen) atoms. The molecule has 0 N–H and O–H groups in total. The maximum absolute atomic E-state index is 12.2. The molecule has 0 unspecified atom stereocenters. The molecule has 0 bridgehead atoms. The van der Waals surface area contributed by atoms with Gasteiger partial charge in [0.25, 0.3) is 5.69 Å². The predicted octanol–water partition coefficient (Wildman–Crippen LogP) is 3.39. The highest BCUT2D eigenvalue weighted by molar-refractivity contribution is 6.00. The van der Waals surface area contributed by atoms with Gasteiger partial charge in [-0.3, -0.25) is 10.1 Å². The number of hydrogen-bond donors (Lipinski definition) is 0. The van der Waals surface area contributed by atoms with Gasteiger partial charge >= 0.3 is 5.97 Å². The Morgan fingerprint density at radius 2 is 2.10 bits per heavy atom. The van der Waals surface area contributed by atoms with Gasteiger partial charge in [0.05, 0.1) is 11.5 Å². The van der Waals surface area contributed by atoms with E-state index in [0.717, 1.165) is 16.5 Å². The molecular weight excluding hydrogens is 272 g/mol. The summed E-state index contributed by atoms with van der Waals surface area (Å²) in [7, 11) is 1.77. The van der Waals surface area contributed by atoms with Crippen LogP contribution in [-0.4, -0.2) is 22.1 Å². The zero-order chi connectivity index (χ0) is 15.7. The summed E-state index contributed by atoms with van der Waals surface area (Å²) in [6, 6.07) is 4.64. The first-order valence-electron chi connectivity index (χ1n) is 6.82. The van der Waals surface area contributed by atoms with Crippen molar-refractivity contribution >= 4 is 22.6 Å². The quantitative estimate of drug-likeness (QED) is 0.491. The van der Waals surface area contributed by atoms with Gasteiger partial charge < -0.3 is 9.30 Å². The molecular formula is C15H18N2O4. The number of non-ortho nitro benzene ring substituents is 1. The molecule has 2 aromatic rings. The lowest BCUT2D eigenvalue weighted by molar-refractivity contribution is -0.384. The number of hydrogen-bond acceptors (Lipinski definition) is 4. The lowest BCUT2D eigenvalue weighted by atomic mass is 9.99. The van der Waals surface area contributed by atoms with Crippen LogP contribution < -0.4 is 0 Å². The summed E-state index contributed by atoms with van der Waals surface area (Å²) >= 11 is 0. The van der Waals surface area contributed by atoms with Crippen molar-refractivity contribution in [3.63, 3.8) is 0 Å². The van der Waals surface area contributed by atoms with Crippen LogP contribution in [0.5, 0.6) is 0 Å². The second-order valence-electron chi connectivity index (χ2n) is 5.16. The van der Waals surface area contributed by atoms with Crippen LogP contribution in [0.25, 0.3) is 10.9 Å². The normalized spacial score (nSPS) is 11.1. The molecule has 1 aromatic carbocycles. The zero-order valence-electron chi connectivity index (χ0n) is 12.5. The number of carbonyl (C=O) groups excluding carboxylic acids is 1. The van der Waals surface area contributed by atoms with Crippen LogP contribution in [0.1, 0.15) is 42.7 Å². The molecule has 0 radical (unpaired) electrons. The van der Waals surface area contributed by atoms with Crippen molar-refractivity contribution in [1.29, 1.82) is 0 Å². The highest BCUT2D eigenvalue weighted by atomic mass is 16.6. The van der Waals surface area contributed by atoms with Gasteiger partial charge in [-0.25, -0.2) is 4.79 Å². The number of nitro benzene ring substituents is 1. The molecule has 1 heterocycles. The van der Waals surface area contributed by atoms with E-state index < -0.39 is 10.9 Å². The third kappa shape index (κ3) is 2.49. The largest absolute Gasteiger partial charge is 0.461 e. The Morgan fingerprint density at radius 3 is 2.62 bits per heavy atom. The topological polar surface area (TPSA) is 74.4 Å². The minimum absolute atomic E-state index is 0.0189. The molecule has 6 heteroatoms. The third-order valence-electron chi connectivity index (χ3n) is 3.48. The molecule has 0 aliphatic rings. The lowest BCUT2D eigenvalue weighted by Crippen LogP contribution is -2.12. The van der Waals surface area contributed by atoms with Gasteiger partial charge in [0, 0.05) is 30.1 Å². The van der Waals surface area contributed by atoms with Gasteiger partial charge in [-0.1, -0.05) is 13.8 Å². The van der Waals surface area contributed by atoms with Crippen molar-refractivity contribution in [2.45, 2.75) is 26.7 Å². The van der Waals surface area contributed by atoms with Crippen molar-refractivity contribution in [1.82, 2.24) is 4.57 Å². The number of rotatable bonds is 4. The van der Waals surface area contributed by atoms with Gasteiger partial charge in [0.15, 0.2) is 0 Å². The molecule has 0 fully saturated rings. The highest BCUT2D eigenvalue weighted by Crippen LogP contribution is 2.34. The fourth-order valence-electron chi connectivity index (χ4n) is 2.61. The van der Waals surface area contributed by atoms with Crippen molar-refractivity contribution in [2.24, 2.45) is 7.05 Å². The molecule has 0 amide bonds. The number of aromatic nitrogens is 1. The van der Waals surface area contributed by atoms with Crippen LogP contribution in [0, 0.1) is 10.1 Å². The van der Waals surface area contributed by atoms with E-state index in [-0.39, 0.29) is 18.2 Å². The molecule has 0 spiro atoms. The van der Waals surface area contributed by atoms with Crippen molar-refractivity contribution in [2.75, 3.05) is 6.61 Å². The fraction of sp³-hybridized carbons (Fsp3) is 0.400. The maximum Gasteiger partial charge on any atom is 0.355 e. The van der Waals surface area contributed by atoms with E-state index in [1.165, 1.54) is 12.1 Å². The Balaban J connectivity index is 2.79. The van der Waals surface area contributed by atoms with Gasteiger partial charge in [-0.2, -0.15) is 0 Å². The van der Waals surface area contributed by atoms with Gasteiger partial charge in [-0.15, -0.1) is 0 Å². The average Bonchev–Trinajstić information content (AvgIpc) is 2.72. The van der Waals surface area contributed by atoms with Crippen LogP contribution in [0.2, 0.25) is 0 Å². The number of aryl methyl sites for hydroxylation is 1. The van der Waals surface area contributed by atoms with Gasteiger partial charge in [0.1, 0.15) is 5.69 Å². The SMILES string of the molecule is CCOC(=O)c1c(C(C)C)c2cc([N+](=O)[O-])ccc2n1C. The second kappa shape index (κ2) is 5.55. The van der Waals surface area contributed by atoms with Gasteiger partial charge in [-0.05, 0) is 24.5 Å². The van der Waals surface area contributed by atoms with Gasteiger partial charge in [0.2, 0.25) is 0 Å². The van der Waals surface area contributed by atoms with E-state index in [4.69, 9.17) is 4.74 Å². The molecule has 2 rings (SSSR count). The molecule has 0 saturated carbocycles. The van der Waals surface area contributed by atoms with Crippen LogP contribution in [0.4, 0.5) is 5.69 Å². The third-order valence-corrected chi connectivity index (χ3v) is 3.48. The summed E-state index contributed by atoms with van der Waals surface area (Å²) in [4.78, 5) is 22.7. The van der Waals surface area contributed by atoms with Crippen LogP contribution in [-0.2, 0) is 11.8 Å². The van der Waals surface area contributed by atoms with Crippen molar-refractivity contribution in [3.8, 4) is 0 Å². The standard InChI is InChI=1S/C15H18N2O4/c1-5-21-15(18)14-13(9(2)3)11-8-10(17(19)20)6-7-12(11)16(14)4/h6-9H,5H2,1-4H3. The number of esters is 1. The summed E-state index contributed by atoms with van der Waals surface area (Å²) in [5.74, 6) is -0.349. The molecule has 0 saturated heterocycles. The first kappa shape index (κ1) is 15.0. The van der Waals surface area contributed by atoms with E-state index in [1.54, 1.807) is 24.6 Å². The molecule has 0 atom stereocenters. The second-order valence-corrected chi connectivity index (χ2v) is 5.16. The summed E-state index contributed by atoms with van der Waals surface area (Å²) < 4.78 is 6.86. The van der Waals surface area contributed by atoms with Crippen LogP contribution in [0.15, 0.2) is 18.2 Å². The number of nitrogens with zero attached hydrogens (tertiary/aromatic N) is 2. The first-order valence-corrected chi connectivity index (χ1v) is 6.82. The fourth-order valence-corrected chi connectivity index (χ4v) is 2.61. The Hall–Kier alpha value is -2.37. The van der Waals surface area contributed by atoms with Crippen molar-refractivity contribution < 1.29 is 14.5 Å². The van der Waals surface area contributed by atoms with Crippen LogP contribution in [0.3, 0.4) is 0 Å². The molecule has 0 aliphatic heterocycles. The number of ether oxygens (including phenoxy) is 1. The van der Waals surface area contributed by atoms with E-state index in [0.29, 0.717) is 5.69 Å². The Morgan fingerprint density at radius 1 is 1.43 bits per heavy atom. The Labute approximate surface area is 122 Å². The molecule has 112 valence electrons. The minimum atomic E-state index is -0.430. The summed E-state index contributed by atoms with van der Waals surface area (Å²) in [5, 5.41) is 11.7. The highest BCUT2D eigenvalue weighted by Gasteiger charge is 2.25. The average molecular weight is 290 g/mol. The van der Waals surface area contributed by atoms with E-state index in [1.807, 2.05) is 13.8 Å². The summed E-state index contributed by atoms with van der Waals surface area (Å²) in [6.45, 7) is 5.95. The smallest absolute Gasteiger partial charge is 0.355 e. The van der Waals surface area contributed by atoms with E-state index in [2.05, 4.69) is 0 Å². The number of nitro groups is 1. The molecule has 1 aromatic heterocycles. The first-order chi connectivity index (χ1) is 9.88. The Kier molecular flexibility index (Phi) is 3.97. The number of benzene rings is 1. The Bertz CT molecular complexity index is 716. The molecule has 0 aliphatic carbocycles. The zero-order valence-corrected chi connectivity index (χ0v) is 12.5. The molecule has 6 nitrogen and oxygen atoms in total. The predicted molar refractivity (Wildman–Crippen MR) is 79.6 cm³/mol. The monoisotopic (exact) mass is 290 g/mol. The maximum atomic E-state index is 12.2. The summed E-state index contributed by atoms with van der Waals surface area (Å²) in [5.41, 5.74) is 2.05. The van der Waals surface area contributed by atoms with Crippen molar-refractivity contribution in [3.05, 3.63) is 39.6 Å². The van der Waals surface area contributed by atoms with E-state index >= 15 is 0 Å². The van der Waals surface area contributed by atoms with Crippen LogP contribution >= 0.6 is 0 Å². The lowest BCUT2D eigenvalue weighted by Gasteiger charge is -2.09.